The Morgan fingerprint density at radius 2 is 1.73 bits per heavy atom. The molecule has 88 valence electrons. The second kappa shape index (κ2) is 5.28. The lowest BCUT2D eigenvalue weighted by atomic mass is 10.0. The first-order chi connectivity index (χ1) is 7.31. The van der Waals surface area contributed by atoms with Crippen molar-refractivity contribution in [2.24, 2.45) is 5.73 Å². The summed E-state index contributed by atoms with van der Waals surface area (Å²) < 4.78 is 0. The van der Waals surface area contributed by atoms with Gasteiger partial charge in [-0.05, 0) is 58.8 Å². The number of likely N-dealkylation sites (tertiary alicyclic amines) is 2. The molecule has 0 bridgehead atoms. The van der Waals surface area contributed by atoms with Crippen LogP contribution in [-0.4, -0.2) is 54.6 Å². The zero-order valence-electron chi connectivity index (χ0n) is 9.99. The third kappa shape index (κ3) is 2.71. The third-order valence-electron chi connectivity index (χ3n) is 4.12. The van der Waals surface area contributed by atoms with Gasteiger partial charge in [-0.25, -0.2) is 0 Å². The molecule has 0 radical (unpaired) electrons. The lowest BCUT2D eigenvalue weighted by Gasteiger charge is -2.39. The summed E-state index contributed by atoms with van der Waals surface area (Å²) in [5, 5.41) is 0. The van der Waals surface area contributed by atoms with Crippen LogP contribution in [-0.2, 0) is 0 Å². The molecule has 2 saturated heterocycles. The maximum atomic E-state index is 5.71. The number of nitrogens with two attached hydrogens (primary N) is 1. The van der Waals surface area contributed by atoms with E-state index in [-0.39, 0.29) is 0 Å². The minimum atomic E-state index is 0.574. The van der Waals surface area contributed by atoms with Crippen LogP contribution in [0, 0.1) is 0 Å². The minimum absolute atomic E-state index is 0.574. The van der Waals surface area contributed by atoms with Crippen LogP contribution in [0.5, 0.6) is 0 Å². The monoisotopic (exact) mass is 211 g/mol. The molecule has 2 fully saturated rings. The molecule has 3 heteroatoms. The van der Waals surface area contributed by atoms with E-state index in [1.807, 2.05) is 0 Å². The Labute approximate surface area is 93.6 Å². The molecule has 2 aliphatic heterocycles. The van der Waals surface area contributed by atoms with E-state index in [0.717, 1.165) is 12.6 Å². The molecule has 0 spiro atoms. The summed E-state index contributed by atoms with van der Waals surface area (Å²) in [4.78, 5) is 5.25. The van der Waals surface area contributed by atoms with E-state index in [1.165, 1.54) is 51.9 Å². The summed E-state index contributed by atoms with van der Waals surface area (Å²) in [6.07, 6.45) is 5.54. The van der Waals surface area contributed by atoms with Crippen LogP contribution >= 0.6 is 0 Å². The number of hydrogen-bond donors (Lipinski definition) is 1. The van der Waals surface area contributed by atoms with Gasteiger partial charge in [-0.1, -0.05) is 0 Å². The summed E-state index contributed by atoms with van der Waals surface area (Å²) >= 11 is 0. The number of nitrogens with zero attached hydrogens (tertiary/aromatic N) is 2. The van der Waals surface area contributed by atoms with Crippen molar-refractivity contribution in [2.75, 3.05) is 32.7 Å². The fraction of sp³-hybridized carbons (Fsp3) is 1.00. The number of rotatable bonds is 3. The zero-order chi connectivity index (χ0) is 10.7. The Hall–Kier alpha value is -0.120. The summed E-state index contributed by atoms with van der Waals surface area (Å²) in [6.45, 7) is 8.23. The van der Waals surface area contributed by atoms with Gasteiger partial charge in [-0.2, -0.15) is 0 Å². The topological polar surface area (TPSA) is 32.5 Å². The summed E-state index contributed by atoms with van der Waals surface area (Å²) in [6, 6.07) is 1.44. The van der Waals surface area contributed by atoms with Crippen molar-refractivity contribution in [2.45, 2.75) is 44.7 Å². The maximum Gasteiger partial charge on any atom is 0.0190 e. The Morgan fingerprint density at radius 1 is 1.13 bits per heavy atom. The molecule has 2 N–H and O–H groups in total. The molecule has 1 atom stereocenters. The average Bonchev–Trinajstić information content (AvgIpc) is 2.82. The van der Waals surface area contributed by atoms with Crippen molar-refractivity contribution < 1.29 is 0 Å². The lowest BCUT2D eigenvalue weighted by Crippen LogP contribution is -2.48. The zero-order valence-corrected chi connectivity index (χ0v) is 9.99. The van der Waals surface area contributed by atoms with E-state index in [1.54, 1.807) is 0 Å². The molecule has 0 aliphatic carbocycles. The van der Waals surface area contributed by atoms with Gasteiger partial charge < -0.3 is 10.6 Å². The Bertz CT molecular complexity index is 181. The van der Waals surface area contributed by atoms with Gasteiger partial charge in [-0.3, -0.25) is 4.90 Å². The van der Waals surface area contributed by atoms with E-state index >= 15 is 0 Å². The summed E-state index contributed by atoms with van der Waals surface area (Å²) in [7, 11) is 0. The predicted molar refractivity (Wildman–Crippen MR) is 63.9 cm³/mol. The smallest absolute Gasteiger partial charge is 0.0190 e. The molecule has 0 aromatic heterocycles. The Balaban J connectivity index is 1.76. The van der Waals surface area contributed by atoms with Crippen molar-refractivity contribution in [1.82, 2.24) is 9.80 Å². The van der Waals surface area contributed by atoms with Crippen molar-refractivity contribution >= 4 is 0 Å². The molecule has 1 unspecified atom stereocenters. The highest BCUT2D eigenvalue weighted by Crippen LogP contribution is 2.21. The largest absolute Gasteiger partial charge is 0.329 e. The van der Waals surface area contributed by atoms with Gasteiger partial charge in [-0.15, -0.1) is 0 Å². The SMILES string of the molecule is CC(CN)N1CCC(N2CCCC2)CC1. The quantitative estimate of drug-likeness (QED) is 0.752. The van der Waals surface area contributed by atoms with Gasteiger partial charge in [0.2, 0.25) is 0 Å². The number of piperidine rings is 1. The van der Waals surface area contributed by atoms with Crippen LogP contribution in [0.1, 0.15) is 32.6 Å². The molecule has 2 aliphatic rings. The lowest BCUT2D eigenvalue weighted by molar-refractivity contribution is 0.104. The molecular weight excluding hydrogens is 186 g/mol. The molecule has 3 nitrogen and oxygen atoms in total. The van der Waals surface area contributed by atoms with Crippen LogP contribution in [0.2, 0.25) is 0 Å². The molecule has 0 aromatic carbocycles. The molecule has 2 rings (SSSR count). The summed E-state index contributed by atoms with van der Waals surface area (Å²) in [5.41, 5.74) is 5.71. The van der Waals surface area contributed by atoms with E-state index in [9.17, 15) is 0 Å². The van der Waals surface area contributed by atoms with Gasteiger partial charge in [0.15, 0.2) is 0 Å². The third-order valence-corrected chi connectivity index (χ3v) is 4.12. The average molecular weight is 211 g/mol. The predicted octanol–water partition coefficient (Wildman–Crippen LogP) is 0.894. The van der Waals surface area contributed by atoms with Crippen molar-refractivity contribution in [3.05, 3.63) is 0 Å². The van der Waals surface area contributed by atoms with Crippen LogP contribution in [0.4, 0.5) is 0 Å². The highest BCUT2D eigenvalue weighted by Gasteiger charge is 2.27. The molecule has 0 aromatic rings. The van der Waals surface area contributed by atoms with Crippen molar-refractivity contribution in [1.29, 1.82) is 0 Å². The van der Waals surface area contributed by atoms with Gasteiger partial charge in [0.25, 0.3) is 0 Å². The molecule has 0 saturated carbocycles. The van der Waals surface area contributed by atoms with Crippen molar-refractivity contribution in [3.63, 3.8) is 0 Å². The van der Waals surface area contributed by atoms with E-state index in [2.05, 4.69) is 16.7 Å². The second-order valence-corrected chi connectivity index (χ2v) is 5.09. The molecule has 0 amide bonds. The van der Waals surface area contributed by atoms with Crippen molar-refractivity contribution in [3.8, 4) is 0 Å². The fourth-order valence-corrected chi connectivity index (χ4v) is 2.95. The van der Waals surface area contributed by atoms with Crippen LogP contribution in [0.25, 0.3) is 0 Å². The minimum Gasteiger partial charge on any atom is -0.329 e. The van der Waals surface area contributed by atoms with E-state index < -0.39 is 0 Å². The first-order valence-corrected chi connectivity index (χ1v) is 6.49. The summed E-state index contributed by atoms with van der Waals surface area (Å²) in [5.74, 6) is 0. The Morgan fingerprint density at radius 3 is 2.27 bits per heavy atom. The normalized spacial score (nSPS) is 28.4. The van der Waals surface area contributed by atoms with Crippen LogP contribution in [0.3, 0.4) is 0 Å². The van der Waals surface area contributed by atoms with Crippen LogP contribution in [0.15, 0.2) is 0 Å². The number of hydrogen-bond acceptors (Lipinski definition) is 3. The standard InChI is InChI=1S/C12H25N3/c1-11(10-13)14-8-4-12(5-9-14)15-6-2-3-7-15/h11-12H,2-10,13H2,1H3. The highest BCUT2D eigenvalue weighted by atomic mass is 15.2. The molecule has 2 heterocycles. The molecular formula is C12H25N3. The van der Waals surface area contributed by atoms with E-state index in [0.29, 0.717) is 6.04 Å². The maximum absolute atomic E-state index is 5.71. The first-order valence-electron chi connectivity index (χ1n) is 6.49. The Kier molecular flexibility index (Phi) is 4.00. The second-order valence-electron chi connectivity index (χ2n) is 5.09. The first kappa shape index (κ1) is 11.4. The van der Waals surface area contributed by atoms with Gasteiger partial charge in [0.05, 0.1) is 0 Å². The highest BCUT2D eigenvalue weighted by molar-refractivity contribution is 4.84. The van der Waals surface area contributed by atoms with E-state index in [4.69, 9.17) is 5.73 Å². The molecule has 15 heavy (non-hydrogen) atoms. The van der Waals surface area contributed by atoms with Crippen LogP contribution < -0.4 is 5.73 Å². The van der Waals surface area contributed by atoms with Gasteiger partial charge in [0.1, 0.15) is 0 Å². The van der Waals surface area contributed by atoms with Gasteiger partial charge in [0, 0.05) is 18.6 Å². The van der Waals surface area contributed by atoms with Gasteiger partial charge >= 0.3 is 0 Å². The fourth-order valence-electron chi connectivity index (χ4n) is 2.95.